The lowest BCUT2D eigenvalue weighted by Gasteiger charge is -2.42. The Morgan fingerprint density at radius 3 is 0.739 bits per heavy atom. The van der Waals surface area contributed by atoms with Crippen LogP contribution in [0.3, 0.4) is 0 Å². The molecule has 0 spiro atoms. The number of hydrogen-bond donors (Lipinski definition) is 0. The molecule has 0 aliphatic rings. The van der Waals surface area contributed by atoms with Crippen LogP contribution in [0.2, 0.25) is 0 Å². The van der Waals surface area contributed by atoms with Gasteiger partial charge in [0.15, 0.2) is 0 Å². The normalized spacial score (nSPS) is 15.8. The van der Waals surface area contributed by atoms with Crippen molar-refractivity contribution in [1.29, 1.82) is 0 Å². The first-order valence-electron chi connectivity index (χ1n) is 16.6. The third-order valence-electron chi connectivity index (χ3n) is 9.64. The van der Waals surface area contributed by atoms with Gasteiger partial charge in [-0.15, -0.1) is 9.24 Å². The fraction of sp³-hybridized carbons (Fsp3) is 0.471. The molecule has 0 fully saturated rings. The van der Waals surface area contributed by atoms with Crippen LogP contribution in [0.4, 0.5) is 149 Å². The van der Waals surface area contributed by atoms with E-state index in [4.69, 9.17) is 0 Å². The van der Waals surface area contributed by atoms with Crippen LogP contribution in [0.15, 0.2) is 66.7 Å². The van der Waals surface area contributed by atoms with Gasteiger partial charge in [0, 0.05) is 11.1 Å². The highest BCUT2D eigenvalue weighted by Crippen LogP contribution is 2.67. The highest BCUT2D eigenvalue weighted by molar-refractivity contribution is 7.28. The van der Waals surface area contributed by atoms with Gasteiger partial charge < -0.3 is 0 Å². The molecule has 0 radical (unpaired) electrons. The second-order valence-electron chi connectivity index (χ2n) is 14.0. The van der Waals surface area contributed by atoms with Gasteiger partial charge in [-0.3, -0.25) is 0 Å². The van der Waals surface area contributed by atoms with Crippen LogP contribution in [0.5, 0.6) is 0 Å². The Balaban J connectivity index is 2.10. The Morgan fingerprint density at radius 1 is 0.246 bits per heavy atom. The number of halogens is 34. The molecule has 0 aliphatic heterocycles. The quantitative estimate of drug-likeness (QED) is 0.0991. The molecule has 0 aliphatic carbocycles. The number of benzene rings is 3. The summed E-state index contributed by atoms with van der Waals surface area (Å²) in [5, 5.41) is -0.334. The van der Waals surface area contributed by atoms with E-state index in [2.05, 4.69) is 0 Å². The predicted octanol–water partition coefficient (Wildman–Crippen LogP) is 15.5. The summed E-state index contributed by atoms with van der Waals surface area (Å²) in [6.07, 6.45) is -16.0. The Bertz CT molecular complexity index is 2330. The average molecular weight is 1100 g/mol. The fourth-order valence-electron chi connectivity index (χ4n) is 5.53. The maximum Gasteiger partial charge on any atom is 0.460 e. The molecule has 0 bridgehead atoms. The summed E-state index contributed by atoms with van der Waals surface area (Å²) < 4.78 is 468. The van der Waals surface area contributed by atoms with Gasteiger partial charge in [-0.25, -0.2) is 0 Å². The highest BCUT2D eigenvalue weighted by atomic mass is 31.0. The predicted molar refractivity (Wildman–Crippen MR) is 166 cm³/mol. The van der Waals surface area contributed by atoms with E-state index in [0.29, 0.717) is 0 Å². The molecule has 3 aromatic rings. The Labute approximate surface area is 359 Å². The SMILES string of the molecule is FC(F)(F)C(F)(F)C(F)(F)C(F)(F)C(F)(F)C(F)(F)C(F)(F)C(F)(F)c1ccc(-c2cccc(P)c2-c2ccc(C(F)(F)C(F)(F)C(F)(F)C(F)(F)C(F)(F)C(F)(F)C(F)(F)C(F)(F)F)cc2)cc1. The van der Waals surface area contributed by atoms with Gasteiger partial charge >= 0.3 is 95.3 Å². The van der Waals surface area contributed by atoms with Gasteiger partial charge in [-0.05, 0) is 27.6 Å². The van der Waals surface area contributed by atoms with E-state index in [1.165, 1.54) is 0 Å². The highest BCUT2D eigenvalue weighted by Gasteiger charge is 2.97. The van der Waals surface area contributed by atoms with E-state index in [9.17, 15) is 149 Å². The minimum atomic E-state index is -8.94. The molecule has 69 heavy (non-hydrogen) atoms. The lowest BCUT2D eigenvalue weighted by Crippen LogP contribution is -2.74. The summed E-state index contributed by atoms with van der Waals surface area (Å²) in [4.78, 5) is 0. The number of rotatable bonds is 16. The second kappa shape index (κ2) is 16.4. The van der Waals surface area contributed by atoms with Crippen molar-refractivity contribution in [2.45, 2.75) is 95.3 Å². The average Bonchev–Trinajstić information content (AvgIpc) is 3.19. The van der Waals surface area contributed by atoms with Crippen LogP contribution >= 0.6 is 9.24 Å². The minimum Gasteiger partial charge on any atom is -0.194 e. The van der Waals surface area contributed by atoms with E-state index in [1.807, 2.05) is 0 Å². The Kier molecular flexibility index (Phi) is 14.0. The molecule has 0 nitrogen and oxygen atoms in total. The van der Waals surface area contributed by atoms with Crippen LogP contribution in [-0.4, -0.2) is 83.4 Å². The van der Waals surface area contributed by atoms with E-state index < -0.39 is 153 Å². The van der Waals surface area contributed by atoms with E-state index in [0.717, 1.165) is 18.2 Å². The molecule has 0 saturated carbocycles. The Hall–Kier alpha value is -4.29. The fourth-order valence-corrected chi connectivity index (χ4v) is 5.96. The molecule has 392 valence electrons. The van der Waals surface area contributed by atoms with Gasteiger partial charge in [-0.2, -0.15) is 149 Å². The van der Waals surface area contributed by atoms with Gasteiger partial charge in [0.25, 0.3) is 0 Å². The van der Waals surface area contributed by atoms with Crippen molar-refractivity contribution in [1.82, 2.24) is 0 Å². The Morgan fingerprint density at radius 2 is 0.478 bits per heavy atom. The van der Waals surface area contributed by atoms with Crippen LogP contribution in [0.1, 0.15) is 11.1 Å². The van der Waals surface area contributed by atoms with Gasteiger partial charge in [-0.1, -0.05) is 66.7 Å². The summed E-state index contributed by atoms with van der Waals surface area (Å²) in [5.74, 6) is -118. The zero-order valence-electron chi connectivity index (χ0n) is 31.3. The third-order valence-corrected chi connectivity index (χ3v) is 10.1. The molecule has 35 heteroatoms. The van der Waals surface area contributed by atoms with Crippen molar-refractivity contribution in [3.05, 3.63) is 77.9 Å². The monoisotopic (exact) mass is 1100 g/mol. The van der Waals surface area contributed by atoms with Crippen molar-refractivity contribution in [2.24, 2.45) is 0 Å². The molecule has 1 unspecified atom stereocenters. The molecule has 3 rings (SSSR count). The summed E-state index contributed by atoms with van der Waals surface area (Å²) in [5.41, 5.74) is -8.20. The van der Waals surface area contributed by atoms with Crippen molar-refractivity contribution in [2.75, 3.05) is 0 Å². The number of hydrogen-bond acceptors (Lipinski definition) is 0. The largest absolute Gasteiger partial charge is 0.460 e. The maximum atomic E-state index is 14.9. The third kappa shape index (κ3) is 7.86. The molecular formula is C34H13F34P. The first kappa shape index (κ1) is 59.0. The summed E-state index contributed by atoms with van der Waals surface area (Å²) >= 11 is 0. The van der Waals surface area contributed by atoms with Crippen LogP contribution in [-0.2, 0) is 11.8 Å². The summed E-state index contributed by atoms with van der Waals surface area (Å²) in [7, 11) is 1.76. The molecule has 3 aromatic carbocycles. The molecule has 0 amide bonds. The minimum absolute atomic E-state index is 0.0560. The zero-order valence-corrected chi connectivity index (χ0v) is 32.4. The van der Waals surface area contributed by atoms with Crippen LogP contribution in [0, 0.1) is 0 Å². The van der Waals surface area contributed by atoms with Crippen molar-refractivity contribution >= 4 is 14.5 Å². The first-order valence-corrected chi connectivity index (χ1v) is 17.2. The smallest absolute Gasteiger partial charge is 0.194 e. The molecule has 0 heterocycles. The van der Waals surface area contributed by atoms with Crippen LogP contribution in [0.25, 0.3) is 22.3 Å². The van der Waals surface area contributed by atoms with Crippen molar-refractivity contribution in [3.63, 3.8) is 0 Å². The van der Waals surface area contributed by atoms with Crippen molar-refractivity contribution < 1.29 is 149 Å². The molecule has 0 N–H and O–H groups in total. The lowest BCUT2D eigenvalue weighted by molar-refractivity contribution is -0.462. The summed E-state index contributed by atoms with van der Waals surface area (Å²) in [6.45, 7) is 0. The first-order chi connectivity index (χ1) is 30.1. The molecule has 0 saturated heterocycles. The van der Waals surface area contributed by atoms with Crippen LogP contribution < -0.4 is 5.30 Å². The van der Waals surface area contributed by atoms with E-state index in [1.54, 1.807) is 9.24 Å². The zero-order chi connectivity index (χ0) is 54.8. The maximum absolute atomic E-state index is 14.9. The van der Waals surface area contributed by atoms with E-state index >= 15 is 0 Å². The van der Waals surface area contributed by atoms with E-state index in [-0.39, 0.29) is 29.6 Å². The van der Waals surface area contributed by atoms with Crippen molar-refractivity contribution in [3.8, 4) is 22.3 Å². The summed E-state index contributed by atoms with van der Waals surface area (Å²) in [6, 6.07) is 0.871. The standard InChI is InChI=1S/C34H13F34P/c35-19(36,21(39,40)23(43,44)25(47,48)27(51,52)29(55,56)31(59,60)33(63,64)65)14-8-4-12(5-9-14)16-2-1-3-17(69)18(16)13-6-10-15(11-7-13)20(37,38)22(41,42)24(45,46)26(49,50)28(53,54)30(57,58)32(61,62)34(66,67)68/h1-11H,69H2. The van der Waals surface area contributed by atoms with Gasteiger partial charge in [0.05, 0.1) is 0 Å². The molecule has 0 aromatic heterocycles. The second-order valence-corrected chi connectivity index (χ2v) is 14.6. The number of alkyl halides is 34. The van der Waals surface area contributed by atoms with Gasteiger partial charge in [0.2, 0.25) is 0 Å². The van der Waals surface area contributed by atoms with Gasteiger partial charge in [0.1, 0.15) is 0 Å². The topological polar surface area (TPSA) is 0 Å². The lowest BCUT2D eigenvalue weighted by atomic mass is 9.86. The molecular weight excluding hydrogens is 1090 g/mol. The molecule has 1 atom stereocenters.